The Bertz CT molecular complexity index is 359. The summed E-state index contributed by atoms with van der Waals surface area (Å²) >= 11 is 5.83. The van der Waals surface area contributed by atoms with E-state index in [1.165, 1.54) is 38.5 Å². The van der Waals surface area contributed by atoms with Crippen LogP contribution in [0, 0.1) is 12.8 Å². The Hall–Kier alpha value is -0.760. The van der Waals surface area contributed by atoms with Crippen molar-refractivity contribution in [1.82, 2.24) is 4.98 Å². The lowest BCUT2D eigenvalue weighted by Gasteiger charge is -2.21. The van der Waals surface area contributed by atoms with Gasteiger partial charge in [-0.1, -0.05) is 43.7 Å². The number of hydrogen-bond donors (Lipinski definition) is 1. The van der Waals surface area contributed by atoms with Crippen LogP contribution >= 0.6 is 11.6 Å². The number of hydrogen-bond acceptors (Lipinski definition) is 2. The summed E-state index contributed by atoms with van der Waals surface area (Å²) in [7, 11) is 0. The molecule has 0 radical (unpaired) electrons. The Morgan fingerprint density at radius 1 is 1.29 bits per heavy atom. The van der Waals surface area contributed by atoms with Crippen molar-refractivity contribution in [1.29, 1.82) is 0 Å². The number of halogens is 1. The van der Waals surface area contributed by atoms with E-state index in [1.807, 2.05) is 19.1 Å². The van der Waals surface area contributed by atoms with Crippen LogP contribution in [0.5, 0.6) is 0 Å². The summed E-state index contributed by atoms with van der Waals surface area (Å²) in [5.74, 6) is 0.928. The molecule has 1 aliphatic rings. The van der Waals surface area contributed by atoms with Crippen LogP contribution < -0.4 is 5.32 Å². The van der Waals surface area contributed by atoms with E-state index >= 15 is 0 Å². The molecule has 0 aromatic carbocycles. The SMILES string of the molecule is Cc1nc(Cl)ccc1NCCC1CCCCC1. The second-order valence-electron chi connectivity index (χ2n) is 4.99. The number of nitrogens with zero attached hydrogens (tertiary/aromatic N) is 1. The van der Waals surface area contributed by atoms with Gasteiger partial charge in [0.15, 0.2) is 0 Å². The maximum atomic E-state index is 5.83. The highest BCUT2D eigenvalue weighted by Crippen LogP contribution is 2.26. The number of rotatable bonds is 4. The molecule has 1 aromatic rings. The Morgan fingerprint density at radius 3 is 2.76 bits per heavy atom. The fourth-order valence-electron chi connectivity index (χ4n) is 2.60. The van der Waals surface area contributed by atoms with Gasteiger partial charge in [-0.05, 0) is 31.4 Å². The second-order valence-corrected chi connectivity index (χ2v) is 5.37. The van der Waals surface area contributed by atoms with Gasteiger partial charge in [-0.15, -0.1) is 0 Å². The third kappa shape index (κ3) is 3.88. The van der Waals surface area contributed by atoms with Gasteiger partial charge in [-0.2, -0.15) is 0 Å². The molecule has 0 unspecified atom stereocenters. The van der Waals surface area contributed by atoms with E-state index in [9.17, 15) is 0 Å². The highest BCUT2D eigenvalue weighted by atomic mass is 35.5. The zero-order valence-electron chi connectivity index (χ0n) is 10.5. The monoisotopic (exact) mass is 252 g/mol. The molecule has 3 heteroatoms. The fraction of sp³-hybridized carbons (Fsp3) is 0.643. The molecule has 0 amide bonds. The number of aromatic nitrogens is 1. The van der Waals surface area contributed by atoms with Crippen molar-refractivity contribution in [2.75, 3.05) is 11.9 Å². The van der Waals surface area contributed by atoms with Crippen LogP contribution in [0.3, 0.4) is 0 Å². The molecule has 0 spiro atoms. The summed E-state index contributed by atoms with van der Waals surface area (Å²) in [6, 6.07) is 3.86. The van der Waals surface area contributed by atoms with E-state index in [0.717, 1.165) is 23.8 Å². The molecule has 1 N–H and O–H groups in total. The molecular formula is C14H21ClN2. The van der Waals surface area contributed by atoms with Gasteiger partial charge < -0.3 is 5.32 Å². The Kier molecular flexibility index (Phi) is 4.66. The third-order valence-electron chi connectivity index (χ3n) is 3.64. The Balaban J connectivity index is 1.77. The van der Waals surface area contributed by atoms with Gasteiger partial charge in [0.05, 0.1) is 11.4 Å². The van der Waals surface area contributed by atoms with E-state index in [4.69, 9.17) is 11.6 Å². The minimum atomic E-state index is 0.570. The topological polar surface area (TPSA) is 24.9 Å². The van der Waals surface area contributed by atoms with Crippen LogP contribution in [0.1, 0.15) is 44.2 Å². The van der Waals surface area contributed by atoms with Crippen LogP contribution in [-0.2, 0) is 0 Å². The molecule has 0 bridgehead atoms. The third-order valence-corrected chi connectivity index (χ3v) is 3.86. The van der Waals surface area contributed by atoms with Gasteiger partial charge in [0.2, 0.25) is 0 Å². The predicted molar refractivity (Wildman–Crippen MR) is 73.7 cm³/mol. The van der Waals surface area contributed by atoms with Crippen molar-refractivity contribution in [3.05, 3.63) is 23.0 Å². The van der Waals surface area contributed by atoms with Crippen molar-refractivity contribution in [2.24, 2.45) is 5.92 Å². The lowest BCUT2D eigenvalue weighted by atomic mass is 9.87. The van der Waals surface area contributed by atoms with Gasteiger partial charge in [0, 0.05) is 6.54 Å². The quantitative estimate of drug-likeness (QED) is 0.802. The Labute approximate surface area is 109 Å². The molecule has 0 aliphatic heterocycles. The fourth-order valence-corrected chi connectivity index (χ4v) is 2.79. The normalized spacial score (nSPS) is 17.1. The highest BCUT2D eigenvalue weighted by molar-refractivity contribution is 6.29. The van der Waals surface area contributed by atoms with Gasteiger partial charge >= 0.3 is 0 Å². The average Bonchev–Trinajstić information content (AvgIpc) is 2.33. The lowest BCUT2D eigenvalue weighted by Crippen LogP contribution is -2.12. The van der Waals surface area contributed by atoms with Crippen LogP contribution in [0.25, 0.3) is 0 Å². The first-order valence-corrected chi connectivity index (χ1v) is 7.00. The van der Waals surface area contributed by atoms with E-state index in [2.05, 4.69) is 10.3 Å². The standard InChI is InChI=1S/C14H21ClN2/c1-11-13(7-8-14(15)17-11)16-10-9-12-5-3-2-4-6-12/h7-8,12,16H,2-6,9-10H2,1H3. The summed E-state index contributed by atoms with van der Waals surface area (Å²) in [4.78, 5) is 4.24. The summed E-state index contributed by atoms with van der Waals surface area (Å²) in [5.41, 5.74) is 2.10. The second kappa shape index (κ2) is 6.25. The van der Waals surface area contributed by atoms with Gasteiger partial charge in [-0.25, -0.2) is 4.98 Å². The molecule has 2 rings (SSSR count). The molecule has 17 heavy (non-hydrogen) atoms. The molecule has 1 aliphatic carbocycles. The number of aryl methyl sites for hydroxylation is 1. The molecule has 2 nitrogen and oxygen atoms in total. The van der Waals surface area contributed by atoms with Crippen LogP contribution in [0.2, 0.25) is 5.15 Å². The predicted octanol–water partition coefficient (Wildman–Crippen LogP) is 4.43. The van der Waals surface area contributed by atoms with Crippen molar-refractivity contribution < 1.29 is 0 Å². The van der Waals surface area contributed by atoms with Crippen molar-refractivity contribution >= 4 is 17.3 Å². The zero-order chi connectivity index (χ0) is 12.1. The minimum Gasteiger partial charge on any atom is -0.384 e. The number of anilines is 1. The number of nitrogens with one attached hydrogen (secondary N) is 1. The van der Waals surface area contributed by atoms with Crippen molar-refractivity contribution in [3.63, 3.8) is 0 Å². The van der Waals surface area contributed by atoms with Gasteiger partial charge in [0.25, 0.3) is 0 Å². The molecule has 1 aromatic heterocycles. The van der Waals surface area contributed by atoms with E-state index in [-0.39, 0.29) is 0 Å². The smallest absolute Gasteiger partial charge is 0.129 e. The molecule has 1 fully saturated rings. The first-order valence-electron chi connectivity index (χ1n) is 6.63. The molecule has 1 heterocycles. The van der Waals surface area contributed by atoms with Crippen molar-refractivity contribution in [2.45, 2.75) is 45.4 Å². The van der Waals surface area contributed by atoms with Crippen LogP contribution in [-0.4, -0.2) is 11.5 Å². The van der Waals surface area contributed by atoms with Gasteiger partial charge in [-0.3, -0.25) is 0 Å². The first kappa shape index (κ1) is 12.7. The van der Waals surface area contributed by atoms with E-state index in [1.54, 1.807) is 0 Å². The molecule has 1 saturated carbocycles. The lowest BCUT2D eigenvalue weighted by molar-refractivity contribution is 0.345. The Morgan fingerprint density at radius 2 is 2.06 bits per heavy atom. The molecule has 0 saturated heterocycles. The van der Waals surface area contributed by atoms with Crippen LogP contribution in [0.15, 0.2) is 12.1 Å². The minimum absolute atomic E-state index is 0.570. The summed E-state index contributed by atoms with van der Waals surface area (Å²) in [5, 5.41) is 4.04. The maximum absolute atomic E-state index is 5.83. The van der Waals surface area contributed by atoms with Crippen molar-refractivity contribution in [3.8, 4) is 0 Å². The summed E-state index contributed by atoms with van der Waals surface area (Å²) < 4.78 is 0. The largest absolute Gasteiger partial charge is 0.384 e. The van der Waals surface area contributed by atoms with E-state index in [0.29, 0.717) is 5.15 Å². The summed E-state index contributed by atoms with van der Waals surface area (Å²) in [6.07, 6.45) is 8.39. The first-order chi connectivity index (χ1) is 8.25. The molecule has 94 valence electrons. The number of pyridine rings is 1. The average molecular weight is 253 g/mol. The molecule has 0 atom stereocenters. The zero-order valence-corrected chi connectivity index (χ0v) is 11.3. The van der Waals surface area contributed by atoms with Gasteiger partial charge in [0.1, 0.15) is 5.15 Å². The summed E-state index contributed by atoms with van der Waals surface area (Å²) in [6.45, 7) is 3.05. The molecular weight excluding hydrogens is 232 g/mol. The highest BCUT2D eigenvalue weighted by Gasteiger charge is 2.12. The van der Waals surface area contributed by atoms with E-state index < -0.39 is 0 Å². The van der Waals surface area contributed by atoms with Crippen LogP contribution in [0.4, 0.5) is 5.69 Å². The maximum Gasteiger partial charge on any atom is 0.129 e.